The van der Waals surface area contributed by atoms with E-state index in [0.29, 0.717) is 25.0 Å². The van der Waals surface area contributed by atoms with Crippen LogP contribution in [0.15, 0.2) is 0 Å². The minimum atomic E-state index is -1.00. The normalized spacial score (nSPS) is 11.4. The Morgan fingerprint density at radius 1 is 1.50 bits per heavy atom. The predicted octanol–water partition coefficient (Wildman–Crippen LogP) is 1.00. The molecule has 0 aliphatic carbocycles. The molecule has 0 bridgehead atoms. The Kier molecular flexibility index (Phi) is 9.52. The molecule has 90 valence electrons. The third-order valence-electron chi connectivity index (χ3n) is 1.95. The molecule has 16 heavy (non-hydrogen) atoms. The molecule has 0 aliphatic heterocycles. The second-order valence-corrected chi connectivity index (χ2v) is 4.42. The van der Waals surface area contributed by atoms with Crippen molar-refractivity contribution in [3.8, 4) is 6.07 Å². The van der Waals surface area contributed by atoms with Crippen molar-refractivity contribution in [3.05, 3.63) is 0 Å². The summed E-state index contributed by atoms with van der Waals surface area (Å²) in [5.74, 6) is 0.622. The molecule has 0 aliphatic rings. The van der Waals surface area contributed by atoms with Gasteiger partial charge in [-0.3, -0.25) is 4.79 Å². The van der Waals surface area contributed by atoms with Gasteiger partial charge in [0.15, 0.2) is 0 Å². The van der Waals surface area contributed by atoms with Crippen LogP contribution in [0.2, 0.25) is 0 Å². The predicted molar refractivity (Wildman–Crippen MR) is 62.0 cm³/mol. The lowest BCUT2D eigenvalue weighted by molar-refractivity contribution is -0.140. The molecule has 0 aromatic heterocycles. The molecule has 0 spiro atoms. The lowest BCUT2D eigenvalue weighted by atomic mass is 10.2. The molecule has 0 radical (unpaired) electrons. The molecule has 0 aromatic rings. The Morgan fingerprint density at radius 2 is 2.25 bits per heavy atom. The Balaban J connectivity index is 3.44. The van der Waals surface area contributed by atoms with E-state index in [-0.39, 0.29) is 0 Å². The number of carbonyl (C=O) groups is 2. The highest BCUT2D eigenvalue weighted by atomic mass is 32.2. The van der Waals surface area contributed by atoms with Crippen molar-refractivity contribution in [2.45, 2.75) is 31.7 Å². The fourth-order valence-corrected chi connectivity index (χ4v) is 2.09. The van der Waals surface area contributed by atoms with E-state index in [1.807, 2.05) is 0 Å². The van der Waals surface area contributed by atoms with Crippen LogP contribution in [0, 0.1) is 11.3 Å². The van der Waals surface area contributed by atoms with Gasteiger partial charge in [-0.15, -0.1) is 0 Å². The van der Waals surface area contributed by atoms with Gasteiger partial charge in [-0.25, -0.2) is 4.79 Å². The van der Waals surface area contributed by atoms with Crippen molar-refractivity contribution in [1.82, 2.24) is 5.32 Å². The van der Waals surface area contributed by atoms with E-state index in [4.69, 9.17) is 10.4 Å². The van der Waals surface area contributed by atoms with Gasteiger partial charge < -0.3 is 10.4 Å². The van der Waals surface area contributed by atoms with Crippen molar-refractivity contribution in [1.29, 1.82) is 5.26 Å². The minimum Gasteiger partial charge on any atom is -0.480 e. The van der Waals surface area contributed by atoms with E-state index < -0.39 is 12.0 Å². The quantitative estimate of drug-likeness (QED) is 0.442. The maximum absolute atomic E-state index is 10.6. The topological polar surface area (TPSA) is 90.2 Å². The zero-order valence-electron chi connectivity index (χ0n) is 9.02. The number of thioether (sulfide) groups is 1. The summed E-state index contributed by atoms with van der Waals surface area (Å²) < 4.78 is 0. The molecule has 0 saturated heterocycles. The van der Waals surface area contributed by atoms with Gasteiger partial charge in [-0.1, -0.05) is 0 Å². The third-order valence-corrected chi connectivity index (χ3v) is 3.05. The second-order valence-electron chi connectivity index (χ2n) is 3.19. The number of carboxylic acid groups (broad SMARTS) is 1. The summed E-state index contributed by atoms with van der Waals surface area (Å²) in [5, 5.41) is 19.3. The molecule has 0 saturated carbocycles. The standard InChI is InChI=1S/C10H16N2O3S/c11-5-2-1-3-6-16-7-4-9(10(14)15)12-8-13/h8-9H,1-4,6-7H2,(H,12,13)(H,14,15). The van der Waals surface area contributed by atoms with Crippen LogP contribution in [0.3, 0.4) is 0 Å². The number of carbonyl (C=O) groups excluding carboxylic acids is 1. The number of aliphatic carboxylic acids is 1. The Labute approximate surface area is 99.2 Å². The molecular weight excluding hydrogens is 228 g/mol. The smallest absolute Gasteiger partial charge is 0.326 e. The highest BCUT2D eigenvalue weighted by Gasteiger charge is 2.14. The molecule has 0 aromatic carbocycles. The van der Waals surface area contributed by atoms with E-state index in [2.05, 4.69) is 11.4 Å². The monoisotopic (exact) mass is 244 g/mol. The van der Waals surface area contributed by atoms with E-state index in [9.17, 15) is 9.59 Å². The number of unbranched alkanes of at least 4 members (excludes halogenated alkanes) is 2. The summed E-state index contributed by atoms with van der Waals surface area (Å²) in [6.07, 6.45) is 3.27. The summed E-state index contributed by atoms with van der Waals surface area (Å²) in [6, 6.07) is 1.28. The van der Waals surface area contributed by atoms with Gasteiger partial charge in [0.25, 0.3) is 0 Å². The first-order valence-corrected chi connectivity index (χ1v) is 6.25. The van der Waals surface area contributed by atoms with Crippen LogP contribution in [0.1, 0.15) is 25.7 Å². The largest absolute Gasteiger partial charge is 0.480 e. The van der Waals surface area contributed by atoms with Gasteiger partial charge in [-0.05, 0) is 30.8 Å². The van der Waals surface area contributed by atoms with Crippen LogP contribution in [0.5, 0.6) is 0 Å². The van der Waals surface area contributed by atoms with Crippen LogP contribution in [-0.4, -0.2) is 35.0 Å². The van der Waals surface area contributed by atoms with E-state index >= 15 is 0 Å². The lowest BCUT2D eigenvalue weighted by Gasteiger charge is -2.10. The highest BCUT2D eigenvalue weighted by molar-refractivity contribution is 7.99. The molecule has 0 fully saturated rings. The van der Waals surface area contributed by atoms with Crippen molar-refractivity contribution in [3.63, 3.8) is 0 Å². The third kappa shape index (κ3) is 8.12. The summed E-state index contributed by atoms with van der Waals surface area (Å²) in [7, 11) is 0. The molecule has 1 amide bonds. The van der Waals surface area contributed by atoms with Crippen molar-refractivity contribution in [2.24, 2.45) is 0 Å². The molecule has 2 N–H and O–H groups in total. The second kappa shape index (κ2) is 10.3. The van der Waals surface area contributed by atoms with Gasteiger partial charge in [0.2, 0.25) is 6.41 Å². The number of nitriles is 1. The minimum absolute atomic E-state index is 0.413. The van der Waals surface area contributed by atoms with Crippen molar-refractivity contribution >= 4 is 24.1 Å². The summed E-state index contributed by atoms with van der Waals surface area (Å²) in [5.41, 5.74) is 0. The SMILES string of the molecule is N#CCCCCSCCC(NC=O)C(=O)O. The Morgan fingerprint density at radius 3 is 2.81 bits per heavy atom. The first-order valence-electron chi connectivity index (χ1n) is 5.09. The first-order chi connectivity index (χ1) is 7.72. The Hall–Kier alpha value is -1.22. The first kappa shape index (κ1) is 14.8. The van der Waals surface area contributed by atoms with Crippen LogP contribution in [-0.2, 0) is 9.59 Å². The molecule has 1 atom stereocenters. The van der Waals surface area contributed by atoms with Gasteiger partial charge in [-0.2, -0.15) is 17.0 Å². The van der Waals surface area contributed by atoms with Crippen LogP contribution < -0.4 is 5.32 Å². The highest BCUT2D eigenvalue weighted by Crippen LogP contribution is 2.09. The number of nitrogens with zero attached hydrogens (tertiary/aromatic N) is 1. The van der Waals surface area contributed by atoms with Crippen molar-refractivity contribution in [2.75, 3.05) is 11.5 Å². The fourth-order valence-electron chi connectivity index (χ4n) is 1.07. The summed E-state index contributed by atoms with van der Waals surface area (Å²) in [6.45, 7) is 0. The molecular formula is C10H16N2O3S. The lowest BCUT2D eigenvalue weighted by Crippen LogP contribution is -2.36. The Bertz CT molecular complexity index is 253. The average molecular weight is 244 g/mol. The molecule has 0 heterocycles. The van der Waals surface area contributed by atoms with Gasteiger partial charge in [0.1, 0.15) is 6.04 Å². The van der Waals surface area contributed by atoms with Gasteiger partial charge in [0, 0.05) is 6.42 Å². The number of carboxylic acids is 1. The van der Waals surface area contributed by atoms with Crippen LogP contribution in [0.4, 0.5) is 0 Å². The number of rotatable bonds is 10. The number of hydrogen-bond acceptors (Lipinski definition) is 4. The maximum Gasteiger partial charge on any atom is 0.326 e. The zero-order valence-corrected chi connectivity index (χ0v) is 9.83. The maximum atomic E-state index is 10.6. The molecule has 6 heteroatoms. The zero-order chi connectivity index (χ0) is 12.2. The average Bonchev–Trinajstić information content (AvgIpc) is 2.26. The van der Waals surface area contributed by atoms with E-state index in [0.717, 1.165) is 18.6 Å². The molecule has 1 unspecified atom stereocenters. The fraction of sp³-hybridized carbons (Fsp3) is 0.700. The summed E-state index contributed by atoms with van der Waals surface area (Å²) >= 11 is 1.65. The van der Waals surface area contributed by atoms with Gasteiger partial charge in [0.05, 0.1) is 6.07 Å². The molecule has 0 rings (SSSR count). The number of hydrogen-bond donors (Lipinski definition) is 2. The molecule has 5 nitrogen and oxygen atoms in total. The van der Waals surface area contributed by atoms with E-state index in [1.165, 1.54) is 0 Å². The number of amides is 1. The van der Waals surface area contributed by atoms with Gasteiger partial charge >= 0.3 is 5.97 Å². The summed E-state index contributed by atoms with van der Waals surface area (Å²) in [4.78, 5) is 20.7. The van der Waals surface area contributed by atoms with Crippen LogP contribution in [0.25, 0.3) is 0 Å². The number of nitrogens with one attached hydrogen (secondary N) is 1. The van der Waals surface area contributed by atoms with E-state index in [1.54, 1.807) is 11.8 Å². The van der Waals surface area contributed by atoms with Crippen LogP contribution >= 0.6 is 11.8 Å². The van der Waals surface area contributed by atoms with Crippen molar-refractivity contribution < 1.29 is 14.7 Å².